The van der Waals surface area contributed by atoms with Gasteiger partial charge in [-0.3, -0.25) is 19.3 Å². The third-order valence-electron chi connectivity index (χ3n) is 7.37. The molecule has 9 heteroatoms. The van der Waals surface area contributed by atoms with Crippen LogP contribution in [0.3, 0.4) is 0 Å². The van der Waals surface area contributed by atoms with Gasteiger partial charge in [-0.2, -0.15) is 0 Å². The molecule has 0 unspecified atom stereocenters. The second-order valence-electron chi connectivity index (χ2n) is 9.42. The Balaban J connectivity index is 1.31. The summed E-state index contributed by atoms with van der Waals surface area (Å²) in [6, 6.07) is 12.6. The Morgan fingerprint density at radius 2 is 1.63 bits per heavy atom. The maximum absolute atomic E-state index is 13.4. The molecule has 2 aliphatic carbocycles. The summed E-state index contributed by atoms with van der Waals surface area (Å²) in [4.78, 5) is 53.4. The van der Waals surface area contributed by atoms with Gasteiger partial charge in [0.05, 0.1) is 21.9 Å². The zero-order valence-corrected chi connectivity index (χ0v) is 20.3. The van der Waals surface area contributed by atoms with Gasteiger partial charge in [0.15, 0.2) is 6.61 Å². The summed E-state index contributed by atoms with van der Waals surface area (Å²) in [5, 5.41) is 3.21. The van der Waals surface area contributed by atoms with Crippen molar-refractivity contribution in [2.24, 2.45) is 23.7 Å². The summed E-state index contributed by atoms with van der Waals surface area (Å²) < 4.78 is 5.31. The summed E-state index contributed by atoms with van der Waals surface area (Å²) in [6.45, 7) is -0.571. The Labute approximate surface area is 212 Å². The van der Waals surface area contributed by atoms with E-state index >= 15 is 0 Å². The molecule has 5 rings (SSSR count). The van der Waals surface area contributed by atoms with Crippen molar-refractivity contribution in [1.82, 2.24) is 4.90 Å². The van der Waals surface area contributed by atoms with Gasteiger partial charge in [-0.1, -0.05) is 53.5 Å². The van der Waals surface area contributed by atoms with Crippen LogP contribution >= 0.6 is 23.2 Å². The number of amides is 3. The number of benzene rings is 2. The summed E-state index contributed by atoms with van der Waals surface area (Å²) in [6.07, 6.45) is 2.92. The van der Waals surface area contributed by atoms with Crippen LogP contribution in [-0.4, -0.2) is 41.2 Å². The Hall–Kier alpha value is -2.90. The van der Waals surface area contributed by atoms with Crippen molar-refractivity contribution in [3.05, 3.63) is 64.1 Å². The highest BCUT2D eigenvalue weighted by Crippen LogP contribution is 2.56. The second-order valence-corrected chi connectivity index (χ2v) is 10.2. The minimum atomic E-state index is -1.12. The van der Waals surface area contributed by atoms with E-state index in [1.165, 1.54) is 12.1 Å². The zero-order chi connectivity index (χ0) is 24.7. The molecule has 0 spiro atoms. The molecule has 35 heavy (non-hydrogen) atoms. The van der Waals surface area contributed by atoms with E-state index in [1.807, 2.05) is 30.3 Å². The highest BCUT2D eigenvalue weighted by atomic mass is 35.5. The van der Waals surface area contributed by atoms with Crippen molar-refractivity contribution in [3.63, 3.8) is 0 Å². The number of esters is 1. The van der Waals surface area contributed by atoms with Crippen molar-refractivity contribution < 1.29 is 23.9 Å². The number of carbonyl (C=O) groups excluding carboxylic acids is 4. The molecule has 3 fully saturated rings. The molecule has 2 saturated carbocycles. The number of likely N-dealkylation sites (tertiary alicyclic amines) is 1. The van der Waals surface area contributed by atoms with Crippen LogP contribution in [0.15, 0.2) is 48.5 Å². The van der Waals surface area contributed by atoms with Crippen LogP contribution in [0.1, 0.15) is 24.8 Å². The fourth-order valence-electron chi connectivity index (χ4n) is 5.86. The molecule has 1 N–H and O–H groups in total. The number of nitrogens with zero attached hydrogens (tertiary/aromatic N) is 1. The normalized spacial score (nSPS) is 25.5. The Morgan fingerprint density at radius 1 is 0.971 bits per heavy atom. The van der Waals surface area contributed by atoms with Crippen molar-refractivity contribution >= 4 is 52.6 Å². The first-order chi connectivity index (χ1) is 16.8. The number of hydrogen-bond donors (Lipinski definition) is 1. The molecule has 7 nitrogen and oxygen atoms in total. The maximum atomic E-state index is 13.4. The second kappa shape index (κ2) is 9.63. The molecule has 0 radical (unpaired) electrons. The summed E-state index contributed by atoms with van der Waals surface area (Å²) in [7, 11) is 0. The fourth-order valence-corrected chi connectivity index (χ4v) is 6.16. The van der Waals surface area contributed by atoms with E-state index in [1.54, 1.807) is 6.07 Å². The van der Waals surface area contributed by atoms with Crippen molar-refractivity contribution in [1.29, 1.82) is 0 Å². The van der Waals surface area contributed by atoms with Crippen LogP contribution in [0.2, 0.25) is 10.0 Å². The number of ether oxygens (including phenoxy) is 1. The first-order valence-corrected chi connectivity index (χ1v) is 12.4. The molecule has 1 saturated heterocycles. The van der Waals surface area contributed by atoms with Crippen LogP contribution in [0.4, 0.5) is 5.69 Å². The standard InChI is InChI=1S/C26H24Cl2N2O5/c27-18-9-8-17(12-19(18)28)29-21(31)13-35-26(34)20(10-14-4-2-1-3-5-14)30-24(32)22-15-6-7-16(11-15)23(22)25(30)33/h1-5,8-9,12,15-16,20,22-23H,6-7,10-11,13H2,(H,29,31)/t15-,16-,20-,22+,23+/m0/s1. The van der Waals surface area contributed by atoms with E-state index in [2.05, 4.69) is 5.32 Å². The molecular formula is C26H24Cl2N2O5. The Morgan fingerprint density at radius 3 is 2.26 bits per heavy atom. The zero-order valence-electron chi connectivity index (χ0n) is 18.8. The van der Waals surface area contributed by atoms with Gasteiger partial charge in [-0.25, -0.2) is 4.79 Å². The van der Waals surface area contributed by atoms with E-state index in [-0.39, 0.29) is 46.9 Å². The fraction of sp³-hybridized carbons (Fsp3) is 0.385. The number of nitrogens with one attached hydrogen (secondary N) is 1. The van der Waals surface area contributed by atoms with Gasteiger partial charge in [0.2, 0.25) is 11.8 Å². The molecule has 182 valence electrons. The number of anilines is 1. The summed E-state index contributed by atoms with van der Waals surface area (Å²) >= 11 is 11.9. The smallest absolute Gasteiger partial charge is 0.330 e. The molecule has 0 aromatic heterocycles. The van der Waals surface area contributed by atoms with Gasteiger partial charge in [0.1, 0.15) is 6.04 Å². The molecule has 1 heterocycles. The number of fused-ring (bicyclic) bond motifs is 5. The number of hydrogen-bond acceptors (Lipinski definition) is 5. The van der Waals surface area contributed by atoms with E-state index < -0.39 is 24.5 Å². The quantitative estimate of drug-likeness (QED) is 0.443. The number of halogens is 2. The number of carbonyl (C=O) groups is 4. The average Bonchev–Trinajstić information content (AvgIpc) is 3.53. The molecule has 3 amide bonds. The van der Waals surface area contributed by atoms with Crippen LogP contribution < -0.4 is 5.32 Å². The van der Waals surface area contributed by atoms with E-state index in [0.717, 1.165) is 29.7 Å². The lowest BCUT2D eigenvalue weighted by Gasteiger charge is -2.26. The highest BCUT2D eigenvalue weighted by Gasteiger charge is 2.62. The molecule has 3 aliphatic rings. The first kappa shape index (κ1) is 23.8. The van der Waals surface area contributed by atoms with Gasteiger partial charge in [0.25, 0.3) is 5.91 Å². The maximum Gasteiger partial charge on any atom is 0.330 e. The van der Waals surface area contributed by atoms with Crippen molar-refractivity contribution in [2.75, 3.05) is 11.9 Å². The Kier molecular flexibility index (Phi) is 6.55. The number of imide groups is 1. The van der Waals surface area contributed by atoms with E-state index in [4.69, 9.17) is 27.9 Å². The van der Waals surface area contributed by atoms with Crippen LogP contribution in [0.5, 0.6) is 0 Å². The van der Waals surface area contributed by atoms with Gasteiger partial charge < -0.3 is 10.1 Å². The average molecular weight is 515 g/mol. The van der Waals surface area contributed by atoms with Crippen molar-refractivity contribution in [3.8, 4) is 0 Å². The van der Waals surface area contributed by atoms with Crippen LogP contribution in [0, 0.1) is 23.7 Å². The topological polar surface area (TPSA) is 92.8 Å². The molecular weight excluding hydrogens is 491 g/mol. The van der Waals surface area contributed by atoms with Crippen LogP contribution in [-0.2, 0) is 30.3 Å². The molecule has 5 atom stereocenters. The lowest BCUT2D eigenvalue weighted by Crippen LogP contribution is -2.48. The molecule has 2 aromatic rings. The third-order valence-corrected chi connectivity index (χ3v) is 8.11. The summed E-state index contributed by atoms with van der Waals surface area (Å²) in [5.74, 6) is -2.21. The monoisotopic (exact) mass is 514 g/mol. The largest absolute Gasteiger partial charge is 0.454 e. The van der Waals surface area contributed by atoms with Gasteiger partial charge in [-0.15, -0.1) is 0 Å². The van der Waals surface area contributed by atoms with Crippen molar-refractivity contribution in [2.45, 2.75) is 31.7 Å². The Bertz CT molecular complexity index is 1160. The summed E-state index contributed by atoms with van der Waals surface area (Å²) in [5.41, 5.74) is 1.19. The minimum absolute atomic E-state index is 0.125. The third kappa shape index (κ3) is 4.55. The predicted octanol–water partition coefficient (Wildman–Crippen LogP) is 4.12. The predicted molar refractivity (Wildman–Crippen MR) is 130 cm³/mol. The lowest BCUT2D eigenvalue weighted by atomic mass is 9.81. The SMILES string of the molecule is O=C(COC(=O)[C@H](Cc1ccccc1)N1C(=O)[C@@H]2[C@H]3CC[C@@H](C3)[C@H]2C1=O)Nc1ccc(Cl)c(Cl)c1. The van der Waals surface area contributed by atoms with Gasteiger partial charge in [-0.05, 0) is 54.9 Å². The first-order valence-electron chi connectivity index (χ1n) is 11.7. The van der Waals surface area contributed by atoms with Gasteiger partial charge in [0, 0.05) is 12.1 Å². The van der Waals surface area contributed by atoms with Crippen LogP contribution in [0.25, 0.3) is 0 Å². The molecule has 1 aliphatic heterocycles. The number of rotatable bonds is 7. The molecule has 2 aromatic carbocycles. The van der Waals surface area contributed by atoms with E-state index in [0.29, 0.717) is 10.7 Å². The molecule has 2 bridgehead atoms. The highest BCUT2D eigenvalue weighted by molar-refractivity contribution is 6.42. The van der Waals surface area contributed by atoms with E-state index in [9.17, 15) is 19.2 Å². The lowest BCUT2D eigenvalue weighted by molar-refractivity contribution is -0.160. The minimum Gasteiger partial charge on any atom is -0.454 e. The van der Waals surface area contributed by atoms with Gasteiger partial charge >= 0.3 is 5.97 Å².